The fourth-order valence-corrected chi connectivity index (χ4v) is 1.95. The highest BCUT2D eigenvalue weighted by Gasteiger charge is 2.22. The van der Waals surface area contributed by atoms with Crippen LogP contribution in [0, 0.1) is 0 Å². The summed E-state index contributed by atoms with van der Waals surface area (Å²) >= 11 is 0. The van der Waals surface area contributed by atoms with Crippen molar-refractivity contribution in [2.75, 3.05) is 7.11 Å². The van der Waals surface area contributed by atoms with Crippen LogP contribution in [0.2, 0.25) is 0 Å². The molecule has 0 fully saturated rings. The maximum Gasteiger partial charge on any atom is 0.333 e. The lowest BCUT2D eigenvalue weighted by Crippen LogP contribution is -2.00. The minimum absolute atomic E-state index is 0.146. The molecule has 0 amide bonds. The van der Waals surface area contributed by atoms with Crippen molar-refractivity contribution in [2.45, 2.75) is 18.1 Å². The predicted octanol–water partition coefficient (Wildman–Crippen LogP) is 1.35. The van der Waals surface area contributed by atoms with Crippen LogP contribution in [0.15, 0.2) is 11.1 Å². The molecule has 0 unspecified atom stereocenters. The summed E-state index contributed by atoms with van der Waals surface area (Å²) in [5.41, 5.74) is -0.146. The molecule has 0 saturated carbocycles. The molecule has 0 atom stereocenters. The molecule has 0 spiro atoms. The van der Waals surface area contributed by atoms with Crippen molar-refractivity contribution >= 4 is 19.7 Å². The molecule has 15 heavy (non-hydrogen) atoms. The van der Waals surface area contributed by atoms with E-state index in [0.717, 1.165) is 0 Å². The largest absolute Gasteiger partial charge is 0.378 e. The number of aromatic nitrogens is 2. The van der Waals surface area contributed by atoms with Crippen molar-refractivity contribution in [1.29, 1.82) is 0 Å². The molecule has 0 N–H and O–H groups in total. The van der Waals surface area contributed by atoms with Gasteiger partial charge in [0.2, 0.25) is 0 Å². The average Bonchev–Trinajstić information content (AvgIpc) is 2.48. The normalized spacial score (nSPS) is 12.3. The fourth-order valence-electron chi connectivity index (χ4n) is 0.953. The van der Waals surface area contributed by atoms with E-state index in [0.29, 0.717) is 6.20 Å². The first-order chi connectivity index (χ1) is 6.86. The van der Waals surface area contributed by atoms with Gasteiger partial charge in [0.1, 0.15) is 10.6 Å². The highest BCUT2D eigenvalue weighted by atomic mass is 35.7. The van der Waals surface area contributed by atoms with Crippen molar-refractivity contribution in [1.82, 2.24) is 9.78 Å². The lowest BCUT2D eigenvalue weighted by molar-refractivity contribution is 0.0550. The van der Waals surface area contributed by atoms with Crippen LogP contribution in [0.25, 0.3) is 0 Å². The van der Waals surface area contributed by atoms with E-state index in [1.807, 2.05) is 0 Å². The monoisotopic (exact) mass is 260 g/mol. The van der Waals surface area contributed by atoms with Gasteiger partial charge >= 0.3 is 6.55 Å². The van der Waals surface area contributed by atoms with Crippen LogP contribution < -0.4 is 0 Å². The smallest absolute Gasteiger partial charge is 0.333 e. The Morgan fingerprint density at radius 1 is 1.67 bits per heavy atom. The summed E-state index contributed by atoms with van der Waals surface area (Å²) in [5.74, 6) is 0. The van der Waals surface area contributed by atoms with E-state index in [9.17, 15) is 17.2 Å². The maximum absolute atomic E-state index is 12.2. The molecule has 0 bridgehead atoms. The molecule has 1 aromatic rings. The maximum atomic E-state index is 12.2. The third kappa shape index (κ3) is 2.86. The molecule has 1 aromatic heterocycles. The molecule has 1 rings (SSSR count). The molecule has 0 aliphatic carbocycles. The summed E-state index contributed by atoms with van der Waals surface area (Å²) in [6, 6.07) is 0. The summed E-state index contributed by atoms with van der Waals surface area (Å²) < 4.78 is 51.2. The van der Waals surface area contributed by atoms with E-state index >= 15 is 0 Å². The van der Waals surface area contributed by atoms with E-state index in [2.05, 4.69) is 9.84 Å². The second-order valence-corrected chi connectivity index (χ2v) is 5.10. The molecule has 0 aliphatic rings. The Balaban J connectivity index is 3.24. The number of alkyl halides is 2. The Kier molecular flexibility index (Phi) is 3.63. The fraction of sp³-hybridized carbons (Fsp3) is 0.500. The Labute approximate surface area is 89.0 Å². The first-order valence-corrected chi connectivity index (χ1v) is 5.97. The number of ether oxygens (including phenoxy) is 1. The van der Waals surface area contributed by atoms with E-state index < -0.39 is 20.5 Å². The van der Waals surface area contributed by atoms with Crippen molar-refractivity contribution in [3.05, 3.63) is 11.9 Å². The van der Waals surface area contributed by atoms with E-state index in [4.69, 9.17) is 10.7 Å². The van der Waals surface area contributed by atoms with Crippen LogP contribution in [0.3, 0.4) is 0 Å². The zero-order chi connectivity index (χ0) is 11.6. The topological polar surface area (TPSA) is 61.2 Å². The van der Waals surface area contributed by atoms with E-state index in [-0.39, 0.29) is 17.0 Å². The summed E-state index contributed by atoms with van der Waals surface area (Å²) in [6.07, 6.45) is 0.668. The van der Waals surface area contributed by atoms with Crippen LogP contribution >= 0.6 is 10.7 Å². The molecule has 5 nitrogen and oxygen atoms in total. The second-order valence-electron chi connectivity index (χ2n) is 2.57. The third-order valence-corrected chi connectivity index (χ3v) is 2.88. The molecule has 0 aromatic carbocycles. The number of methoxy groups -OCH3 is 1. The SMILES string of the molecule is COCc1nn(C(F)F)cc1S(=O)(=O)Cl. The molecule has 0 aliphatic heterocycles. The van der Waals surface area contributed by atoms with Gasteiger partial charge in [-0.25, -0.2) is 13.1 Å². The zero-order valence-corrected chi connectivity index (χ0v) is 9.10. The zero-order valence-electron chi connectivity index (χ0n) is 7.52. The summed E-state index contributed by atoms with van der Waals surface area (Å²) in [5, 5.41) is 3.34. The molecular formula is C6H7ClF2N2O3S. The minimum atomic E-state index is -4.09. The number of hydrogen-bond acceptors (Lipinski definition) is 4. The average molecular weight is 261 g/mol. The molecule has 1 heterocycles. The number of hydrogen-bond donors (Lipinski definition) is 0. The second kappa shape index (κ2) is 4.42. The quantitative estimate of drug-likeness (QED) is 0.767. The lowest BCUT2D eigenvalue weighted by Gasteiger charge is -1.96. The molecule has 0 saturated heterocycles. The van der Waals surface area contributed by atoms with Crippen molar-refractivity contribution in [2.24, 2.45) is 0 Å². The van der Waals surface area contributed by atoms with Gasteiger partial charge in [0.05, 0.1) is 12.8 Å². The Bertz CT molecular complexity index is 445. The molecule has 86 valence electrons. The number of nitrogens with zero attached hydrogens (tertiary/aromatic N) is 2. The molecule has 0 radical (unpaired) electrons. The van der Waals surface area contributed by atoms with Gasteiger partial charge in [0.25, 0.3) is 9.05 Å². The van der Waals surface area contributed by atoms with Gasteiger partial charge < -0.3 is 4.74 Å². The first kappa shape index (κ1) is 12.3. The van der Waals surface area contributed by atoms with Gasteiger partial charge in [-0.1, -0.05) is 0 Å². The van der Waals surface area contributed by atoms with Gasteiger partial charge in [-0.3, -0.25) is 0 Å². The van der Waals surface area contributed by atoms with Crippen LogP contribution in [0.4, 0.5) is 8.78 Å². The summed E-state index contributed by atoms with van der Waals surface area (Å²) in [4.78, 5) is -0.466. The van der Waals surface area contributed by atoms with Crippen LogP contribution in [0.5, 0.6) is 0 Å². The van der Waals surface area contributed by atoms with Gasteiger partial charge in [-0.05, 0) is 0 Å². The standard InChI is InChI=1S/C6H7ClF2N2O3S/c1-14-3-4-5(15(7,12)13)2-11(10-4)6(8)9/h2,6H,3H2,1H3. The number of halogens is 3. The molecule has 9 heteroatoms. The van der Waals surface area contributed by atoms with Crippen LogP contribution in [-0.4, -0.2) is 25.3 Å². The number of rotatable bonds is 4. The van der Waals surface area contributed by atoms with Gasteiger partial charge in [0, 0.05) is 17.8 Å². The minimum Gasteiger partial charge on any atom is -0.378 e. The van der Waals surface area contributed by atoms with Crippen LogP contribution in [-0.2, 0) is 20.4 Å². The van der Waals surface area contributed by atoms with Gasteiger partial charge in [-0.2, -0.15) is 13.9 Å². The Hall–Kier alpha value is -0.730. The molecular weight excluding hydrogens is 254 g/mol. The van der Waals surface area contributed by atoms with Gasteiger partial charge in [0.15, 0.2) is 0 Å². The summed E-state index contributed by atoms with van der Waals surface area (Å²) in [7, 11) is 2.23. The third-order valence-electron chi connectivity index (χ3n) is 1.51. The van der Waals surface area contributed by atoms with E-state index in [1.54, 1.807) is 0 Å². The van der Waals surface area contributed by atoms with Gasteiger partial charge in [-0.15, -0.1) is 0 Å². The Morgan fingerprint density at radius 2 is 2.27 bits per heavy atom. The highest BCUT2D eigenvalue weighted by molar-refractivity contribution is 8.13. The lowest BCUT2D eigenvalue weighted by atomic mass is 10.5. The summed E-state index contributed by atoms with van der Waals surface area (Å²) in [6.45, 7) is -3.13. The highest BCUT2D eigenvalue weighted by Crippen LogP contribution is 2.22. The van der Waals surface area contributed by atoms with Crippen molar-refractivity contribution in [3.63, 3.8) is 0 Å². The Morgan fingerprint density at radius 3 is 2.67 bits per heavy atom. The van der Waals surface area contributed by atoms with Crippen LogP contribution in [0.1, 0.15) is 12.2 Å². The predicted molar refractivity (Wildman–Crippen MR) is 47.2 cm³/mol. The van der Waals surface area contributed by atoms with E-state index in [1.165, 1.54) is 7.11 Å². The first-order valence-electron chi connectivity index (χ1n) is 3.66. The van der Waals surface area contributed by atoms with Crippen molar-refractivity contribution in [3.8, 4) is 0 Å². The van der Waals surface area contributed by atoms with Crippen molar-refractivity contribution < 1.29 is 21.9 Å².